The molecule has 1 heterocycles. The molecule has 0 aromatic heterocycles. The summed E-state index contributed by atoms with van der Waals surface area (Å²) >= 11 is 7.31. The van der Waals surface area contributed by atoms with Gasteiger partial charge in [-0.1, -0.05) is 0 Å². The van der Waals surface area contributed by atoms with E-state index >= 15 is 0 Å². The minimum absolute atomic E-state index is 0.644. The SMILES string of the molecule is ClC1=CCCC(C2[I-]C[I-]2)C1. The normalized spacial score (nSPS) is 34.3. The molecule has 1 saturated heterocycles. The molecule has 1 unspecified atom stereocenters. The van der Waals surface area contributed by atoms with Crippen LogP contribution in [0.4, 0.5) is 0 Å². The average Bonchev–Trinajstić information content (AvgIpc) is 1.83. The number of hydrogen-bond acceptors (Lipinski definition) is 0. The van der Waals surface area contributed by atoms with Crippen LogP contribution in [0.1, 0.15) is 19.3 Å². The van der Waals surface area contributed by atoms with Gasteiger partial charge in [0.25, 0.3) is 0 Å². The Morgan fingerprint density at radius 3 is 2.82 bits per heavy atom. The summed E-state index contributed by atoms with van der Waals surface area (Å²) in [5.41, 5.74) is 0. The Morgan fingerprint density at radius 1 is 1.45 bits per heavy atom. The first-order valence-electron chi connectivity index (χ1n) is 3.86. The molecule has 2 aliphatic rings. The summed E-state index contributed by atoms with van der Waals surface area (Å²) in [4.78, 5) is 0. The van der Waals surface area contributed by atoms with Gasteiger partial charge < -0.3 is 0 Å². The van der Waals surface area contributed by atoms with Crippen molar-refractivity contribution in [2.24, 2.45) is 5.92 Å². The van der Waals surface area contributed by atoms with Crippen molar-refractivity contribution in [3.63, 3.8) is 0 Å². The summed E-state index contributed by atoms with van der Waals surface area (Å²) in [5, 5.41) is 1.15. The van der Waals surface area contributed by atoms with Gasteiger partial charge in [0, 0.05) is 0 Å². The fraction of sp³-hybridized carbons (Fsp3) is 0.750. The van der Waals surface area contributed by atoms with Gasteiger partial charge in [-0.3, -0.25) is 0 Å². The molecule has 1 fully saturated rings. The minimum atomic E-state index is 0.644. The standard InChI is InChI=1S/C8H11ClI2/c9-7-3-1-2-6(4-7)8-10-5-11-8/h3,6,8H,1-2,4-5H2/q-2. The summed E-state index contributed by atoms with van der Waals surface area (Å²) in [6.45, 7) is 0. The van der Waals surface area contributed by atoms with Gasteiger partial charge in [0.15, 0.2) is 0 Å². The van der Waals surface area contributed by atoms with Gasteiger partial charge in [-0.05, 0) is 0 Å². The van der Waals surface area contributed by atoms with Gasteiger partial charge in [0.1, 0.15) is 0 Å². The third-order valence-electron chi connectivity index (χ3n) is 2.13. The Morgan fingerprint density at radius 2 is 2.27 bits per heavy atom. The first-order chi connectivity index (χ1) is 5.36. The molecular weight excluding hydrogens is 385 g/mol. The Kier molecular flexibility index (Phi) is 3.40. The van der Waals surface area contributed by atoms with Gasteiger partial charge in [-0.2, -0.15) is 0 Å². The predicted octanol–water partition coefficient (Wildman–Crippen LogP) is -3.62. The van der Waals surface area contributed by atoms with Crippen LogP contribution < -0.4 is 42.4 Å². The van der Waals surface area contributed by atoms with Crippen molar-refractivity contribution in [2.75, 3.05) is 2.43 Å². The van der Waals surface area contributed by atoms with E-state index in [1.54, 1.807) is 2.43 Å². The topological polar surface area (TPSA) is 0 Å². The molecule has 1 aliphatic heterocycles. The van der Waals surface area contributed by atoms with E-state index < -0.39 is 0 Å². The van der Waals surface area contributed by atoms with Gasteiger partial charge in [0.05, 0.1) is 0 Å². The number of halogens is 3. The van der Waals surface area contributed by atoms with Crippen LogP contribution in [0.3, 0.4) is 0 Å². The Bertz CT molecular complexity index is 175. The first kappa shape index (κ1) is 9.06. The van der Waals surface area contributed by atoms with E-state index in [4.69, 9.17) is 11.6 Å². The molecule has 1 atom stereocenters. The average molecular weight is 396 g/mol. The quantitative estimate of drug-likeness (QED) is 0.317. The van der Waals surface area contributed by atoms with Crippen LogP contribution >= 0.6 is 11.6 Å². The Balaban J connectivity index is 1.90. The molecule has 0 aromatic rings. The van der Waals surface area contributed by atoms with Gasteiger partial charge in [-0.25, -0.2) is 0 Å². The zero-order valence-corrected chi connectivity index (χ0v) is 11.3. The summed E-state index contributed by atoms with van der Waals surface area (Å²) in [6.07, 6.45) is 6.15. The molecule has 0 spiro atoms. The molecule has 11 heavy (non-hydrogen) atoms. The fourth-order valence-electron chi connectivity index (χ4n) is 1.48. The van der Waals surface area contributed by atoms with Crippen LogP contribution in [0.25, 0.3) is 0 Å². The molecular formula is C8H11ClI2-2. The van der Waals surface area contributed by atoms with Crippen molar-refractivity contribution in [3.05, 3.63) is 11.1 Å². The zero-order chi connectivity index (χ0) is 7.68. The van der Waals surface area contributed by atoms with E-state index in [0.29, 0.717) is 42.4 Å². The van der Waals surface area contributed by atoms with E-state index in [1.165, 1.54) is 21.2 Å². The van der Waals surface area contributed by atoms with Crippen LogP contribution in [-0.4, -0.2) is 4.37 Å². The van der Waals surface area contributed by atoms with E-state index in [1.807, 2.05) is 0 Å². The van der Waals surface area contributed by atoms with Crippen LogP contribution in [-0.2, 0) is 0 Å². The van der Waals surface area contributed by atoms with Crippen LogP contribution in [0.2, 0.25) is 0 Å². The molecule has 0 amide bonds. The molecule has 0 N–H and O–H groups in total. The predicted molar refractivity (Wildman–Crippen MR) is 39.9 cm³/mol. The van der Waals surface area contributed by atoms with Crippen molar-refractivity contribution in [3.8, 4) is 0 Å². The second-order valence-electron chi connectivity index (χ2n) is 2.94. The molecule has 3 heteroatoms. The summed E-state index contributed by atoms with van der Waals surface area (Å²) in [7, 11) is 0. The second-order valence-corrected chi connectivity index (χ2v) is 14.7. The zero-order valence-electron chi connectivity index (χ0n) is 6.19. The van der Waals surface area contributed by atoms with E-state index in [0.717, 1.165) is 11.0 Å². The van der Waals surface area contributed by atoms with Crippen LogP contribution in [0.5, 0.6) is 0 Å². The van der Waals surface area contributed by atoms with Crippen molar-refractivity contribution in [1.82, 2.24) is 0 Å². The van der Waals surface area contributed by atoms with Crippen LogP contribution in [0, 0.1) is 5.92 Å². The first-order valence-corrected chi connectivity index (χ1v) is 9.78. The third kappa shape index (κ3) is 2.24. The number of hydrogen-bond donors (Lipinski definition) is 0. The number of rotatable bonds is 1. The maximum absolute atomic E-state index is 6.02. The molecule has 66 valence electrons. The van der Waals surface area contributed by atoms with Crippen molar-refractivity contribution in [1.29, 1.82) is 0 Å². The summed E-state index contributed by atoms with van der Waals surface area (Å²) < 4.78 is 2.93. The maximum atomic E-state index is 6.02. The van der Waals surface area contributed by atoms with Gasteiger partial charge >= 0.3 is 94.7 Å². The molecule has 1 aliphatic carbocycles. The molecule has 0 saturated carbocycles. The molecule has 0 nitrogen and oxygen atoms in total. The van der Waals surface area contributed by atoms with E-state index in [-0.39, 0.29) is 0 Å². The second kappa shape index (κ2) is 4.13. The molecule has 0 radical (unpaired) electrons. The summed E-state index contributed by atoms with van der Waals surface area (Å²) in [5.74, 6) is 1.03. The monoisotopic (exact) mass is 396 g/mol. The van der Waals surface area contributed by atoms with Gasteiger partial charge in [-0.15, -0.1) is 0 Å². The van der Waals surface area contributed by atoms with Crippen molar-refractivity contribution < 1.29 is 42.4 Å². The molecule has 2 rings (SSSR count). The van der Waals surface area contributed by atoms with Crippen LogP contribution in [0.15, 0.2) is 11.1 Å². The third-order valence-corrected chi connectivity index (χ3v) is 15.8. The Hall–Kier alpha value is 1.49. The van der Waals surface area contributed by atoms with Crippen molar-refractivity contribution in [2.45, 2.75) is 21.2 Å². The fourth-order valence-corrected chi connectivity index (χ4v) is 9.99. The van der Waals surface area contributed by atoms with Gasteiger partial charge in [0.2, 0.25) is 0 Å². The van der Waals surface area contributed by atoms with E-state index in [9.17, 15) is 0 Å². The Labute approximate surface area is 93.7 Å². The van der Waals surface area contributed by atoms with Crippen molar-refractivity contribution >= 4 is 11.6 Å². The molecule has 0 aromatic carbocycles. The number of allylic oxidation sites excluding steroid dienone is 2. The number of alkyl halides is 4. The summed E-state index contributed by atoms with van der Waals surface area (Å²) in [6, 6.07) is 0. The molecule has 0 bridgehead atoms. The van der Waals surface area contributed by atoms with E-state index in [2.05, 4.69) is 6.08 Å².